The first-order valence-corrected chi connectivity index (χ1v) is 7.50. The van der Waals surface area contributed by atoms with Gasteiger partial charge in [0.15, 0.2) is 0 Å². The van der Waals surface area contributed by atoms with Crippen LogP contribution in [0, 0.1) is 10.1 Å². The van der Waals surface area contributed by atoms with Crippen molar-refractivity contribution in [3.8, 4) is 0 Å². The molecule has 0 unspecified atom stereocenters. The predicted octanol–water partition coefficient (Wildman–Crippen LogP) is 3.80. The number of nitrogens with zero attached hydrogens (tertiary/aromatic N) is 2. The summed E-state index contributed by atoms with van der Waals surface area (Å²) in [6, 6.07) is 6.43. The van der Waals surface area contributed by atoms with Crippen LogP contribution in [-0.2, 0) is 11.3 Å². The summed E-state index contributed by atoms with van der Waals surface area (Å²) < 4.78 is 5.35. The van der Waals surface area contributed by atoms with Crippen molar-refractivity contribution in [2.75, 3.05) is 12.4 Å². The Bertz CT molecular complexity index is 770. The van der Waals surface area contributed by atoms with Crippen molar-refractivity contribution in [3.63, 3.8) is 0 Å². The van der Waals surface area contributed by atoms with Gasteiger partial charge in [-0.05, 0) is 17.7 Å². The molecule has 120 valence electrons. The van der Waals surface area contributed by atoms with Crippen LogP contribution >= 0.6 is 27.5 Å². The fourth-order valence-corrected chi connectivity index (χ4v) is 2.54. The lowest BCUT2D eigenvalue weighted by Gasteiger charge is -2.09. The van der Waals surface area contributed by atoms with Gasteiger partial charge in [-0.15, -0.1) is 0 Å². The van der Waals surface area contributed by atoms with E-state index in [2.05, 4.69) is 31.0 Å². The molecular weight excluding hydrogens is 390 g/mol. The summed E-state index contributed by atoms with van der Waals surface area (Å²) in [7, 11) is 1.19. The van der Waals surface area contributed by atoms with Crippen molar-refractivity contribution in [1.29, 1.82) is 0 Å². The molecule has 2 rings (SSSR count). The number of ether oxygens (including phenoxy) is 1. The number of anilines is 1. The van der Waals surface area contributed by atoms with E-state index in [1.165, 1.54) is 13.3 Å². The van der Waals surface area contributed by atoms with E-state index < -0.39 is 10.9 Å². The minimum Gasteiger partial charge on any atom is -0.465 e. The van der Waals surface area contributed by atoms with Gasteiger partial charge in [0, 0.05) is 28.3 Å². The maximum Gasteiger partial charge on any atom is 0.339 e. The SMILES string of the molecule is COC(=O)c1cnc(NCc2ccc(Br)cc2Cl)c([N+](=O)[O-])c1. The lowest BCUT2D eigenvalue weighted by Crippen LogP contribution is -2.08. The number of benzene rings is 1. The number of carbonyl (C=O) groups is 1. The van der Waals surface area contributed by atoms with Crippen LogP contribution in [0.5, 0.6) is 0 Å². The zero-order valence-electron chi connectivity index (χ0n) is 11.9. The van der Waals surface area contributed by atoms with Crippen molar-refractivity contribution >= 4 is 45.0 Å². The number of hydrogen-bond donors (Lipinski definition) is 1. The van der Waals surface area contributed by atoms with E-state index in [0.717, 1.165) is 16.1 Å². The first-order chi connectivity index (χ1) is 10.9. The van der Waals surface area contributed by atoms with Crippen LogP contribution in [0.25, 0.3) is 0 Å². The van der Waals surface area contributed by atoms with Crippen molar-refractivity contribution in [3.05, 3.63) is 61.2 Å². The minimum absolute atomic E-state index is 0.00595. The third kappa shape index (κ3) is 4.17. The molecular formula is C14H11BrClN3O4. The molecule has 0 saturated heterocycles. The maximum atomic E-state index is 11.4. The van der Waals surface area contributed by atoms with E-state index in [9.17, 15) is 14.9 Å². The number of methoxy groups -OCH3 is 1. The summed E-state index contributed by atoms with van der Waals surface area (Å²) in [6.45, 7) is 0.248. The van der Waals surface area contributed by atoms with Gasteiger partial charge in [0.2, 0.25) is 5.82 Å². The number of hydrogen-bond acceptors (Lipinski definition) is 6. The number of nitro groups is 1. The van der Waals surface area contributed by atoms with Gasteiger partial charge in [0.25, 0.3) is 0 Å². The summed E-state index contributed by atoms with van der Waals surface area (Å²) >= 11 is 9.40. The molecule has 23 heavy (non-hydrogen) atoms. The molecule has 1 aromatic heterocycles. The highest BCUT2D eigenvalue weighted by molar-refractivity contribution is 9.10. The Morgan fingerprint density at radius 2 is 2.22 bits per heavy atom. The second-order valence-corrected chi connectivity index (χ2v) is 5.75. The van der Waals surface area contributed by atoms with E-state index in [0.29, 0.717) is 5.02 Å². The first-order valence-electron chi connectivity index (χ1n) is 6.33. The molecule has 0 saturated carbocycles. The molecule has 0 spiro atoms. The van der Waals surface area contributed by atoms with Crippen LogP contribution in [0.2, 0.25) is 5.02 Å². The summed E-state index contributed by atoms with van der Waals surface area (Å²) in [4.78, 5) is 25.9. The minimum atomic E-state index is -0.692. The van der Waals surface area contributed by atoms with Gasteiger partial charge in [-0.1, -0.05) is 33.6 Å². The lowest BCUT2D eigenvalue weighted by molar-refractivity contribution is -0.384. The van der Waals surface area contributed by atoms with E-state index in [1.54, 1.807) is 12.1 Å². The number of carbonyl (C=O) groups excluding carboxylic acids is 1. The summed E-state index contributed by atoms with van der Waals surface area (Å²) in [5.74, 6) is -0.648. The second-order valence-electron chi connectivity index (χ2n) is 4.43. The molecule has 0 aliphatic carbocycles. The van der Waals surface area contributed by atoms with E-state index in [1.807, 2.05) is 6.07 Å². The quantitative estimate of drug-likeness (QED) is 0.466. The number of aromatic nitrogens is 1. The first kappa shape index (κ1) is 17.2. The van der Waals surface area contributed by atoms with Crippen LogP contribution in [0.4, 0.5) is 11.5 Å². The zero-order valence-corrected chi connectivity index (χ0v) is 14.2. The van der Waals surface area contributed by atoms with Crippen LogP contribution in [0.3, 0.4) is 0 Å². The van der Waals surface area contributed by atoms with Gasteiger partial charge < -0.3 is 10.1 Å². The van der Waals surface area contributed by atoms with Crippen LogP contribution < -0.4 is 5.32 Å². The van der Waals surface area contributed by atoms with Gasteiger partial charge >= 0.3 is 11.7 Å². The molecule has 7 nitrogen and oxygen atoms in total. The fourth-order valence-electron chi connectivity index (χ4n) is 1.80. The van der Waals surface area contributed by atoms with E-state index in [-0.39, 0.29) is 23.6 Å². The zero-order chi connectivity index (χ0) is 17.0. The maximum absolute atomic E-state index is 11.4. The predicted molar refractivity (Wildman–Crippen MR) is 88.7 cm³/mol. The van der Waals surface area contributed by atoms with Gasteiger partial charge in [-0.3, -0.25) is 10.1 Å². The smallest absolute Gasteiger partial charge is 0.339 e. The third-order valence-electron chi connectivity index (χ3n) is 2.95. The Labute approximate surface area is 144 Å². The van der Waals surface area contributed by atoms with Crippen molar-refractivity contribution in [1.82, 2.24) is 4.98 Å². The highest BCUT2D eigenvalue weighted by Gasteiger charge is 2.19. The summed E-state index contributed by atoms with van der Waals surface area (Å²) in [6.07, 6.45) is 1.21. The number of rotatable bonds is 5. The Balaban J connectivity index is 2.25. The topological polar surface area (TPSA) is 94.4 Å². The van der Waals surface area contributed by atoms with Gasteiger partial charge in [-0.25, -0.2) is 9.78 Å². The molecule has 0 bridgehead atoms. The largest absolute Gasteiger partial charge is 0.465 e. The van der Waals surface area contributed by atoms with Gasteiger partial charge in [-0.2, -0.15) is 0 Å². The average molecular weight is 401 g/mol. The Hall–Kier alpha value is -2.19. The molecule has 2 aromatic rings. The molecule has 1 heterocycles. The molecule has 0 amide bonds. The molecule has 0 aliphatic rings. The molecule has 0 aliphatic heterocycles. The molecule has 0 fully saturated rings. The van der Waals surface area contributed by atoms with E-state index in [4.69, 9.17) is 11.6 Å². The Morgan fingerprint density at radius 3 is 2.83 bits per heavy atom. The fraction of sp³-hybridized carbons (Fsp3) is 0.143. The average Bonchev–Trinajstić information content (AvgIpc) is 2.53. The van der Waals surface area contributed by atoms with Crippen LogP contribution in [-0.4, -0.2) is 23.0 Å². The third-order valence-corrected chi connectivity index (χ3v) is 3.79. The standard InChI is InChI=1S/C14H11BrClN3O4/c1-23-14(20)9-4-12(19(21)22)13(18-7-9)17-6-8-2-3-10(15)5-11(8)16/h2-5,7H,6H2,1H3,(H,17,18). The van der Waals surface area contributed by atoms with Gasteiger partial charge in [0.1, 0.15) is 0 Å². The Morgan fingerprint density at radius 1 is 1.48 bits per heavy atom. The van der Waals surface area contributed by atoms with Crippen molar-refractivity contribution in [2.24, 2.45) is 0 Å². The number of halogens is 2. The molecule has 1 aromatic carbocycles. The summed E-state index contributed by atoms with van der Waals surface area (Å²) in [5, 5.41) is 14.5. The van der Waals surface area contributed by atoms with Crippen LogP contribution in [0.1, 0.15) is 15.9 Å². The second kappa shape index (κ2) is 7.38. The summed E-state index contributed by atoms with van der Waals surface area (Å²) in [5.41, 5.74) is 0.440. The Kier molecular flexibility index (Phi) is 5.51. The molecule has 9 heteroatoms. The number of nitrogens with one attached hydrogen (secondary N) is 1. The lowest BCUT2D eigenvalue weighted by atomic mass is 10.2. The normalized spacial score (nSPS) is 10.2. The molecule has 0 atom stereocenters. The number of pyridine rings is 1. The molecule has 1 N–H and O–H groups in total. The van der Waals surface area contributed by atoms with Gasteiger partial charge in [0.05, 0.1) is 17.6 Å². The van der Waals surface area contributed by atoms with Crippen LogP contribution in [0.15, 0.2) is 34.9 Å². The molecule has 0 radical (unpaired) electrons. The highest BCUT2D eigenvalue weighted by Crippen LogP contribution is 2.26. The van der Waals surface area contributed by atoms with Crippen molar-refractivity contribution < 1.29 is 14.5 Å². The number of esters is 1. The van der Waals surface area contributed by atoms with E-state index >= 15 is 0 Å². The van der Waals surface area contributed by atoms with Crippen molar-refractivity contribution in [2.45, 2.75) is 6.54 Å². The monoisotopic (exact) mass is 399 g/mol. The highest BCUT2D eigenvalue weighted by atomic mass is 79.9.